The van der Waals surface area contributed by atoms with Crippen molar-refractivity contribution in [3.05, 3.63) is 71.9 Å². The number of ether oxygens (including phenoxy) is 3. The third kappa shape index (κ3) is 5.56. The highest BCUT2D eigenvalue weighted by Gasteiger charge is 2.35. The molecule has 0 saturated heterocycles. The number of nitrogens with zero attached hydrogens (tertiary/aromatic N) is 6. The van der Waals surface area contributed by atoms with Crippen LogP contribution in [0, 0.1) is 0 Å². The van der Waals surface area contributed by atoms with Crippen LogP contribution in [0.25, 0.3) is 33.7 Å². The molecule has 12 heteroatoms. The van der Waals surface area contributed by atoms with Crippen molar-refractivity contribution in [2.75, 3.05) is 14.2 Å². The monoisotopic (exact) mass is 590 g/mol. The van der Waals surface area contributed by atoms with Gasteiger partial charge in [-0.15, -0.1) is 0 Å². The van der Waals surface area contributed by atoms with E-state index in [1.54, 1.807) is 44.6 Å². The summed E-state index contributed by atoms with van der Waals surface area (Å²) in [7, 11) is 3.11. The van der Waals surface area contributed by atoms with Crippen LogP contribution in [0.15, 0.2) is 55.0 Å². The first-order valence-electron chi connectivity index (χ1n) is 13.8. The Morgan fingerprint density at radius 3 is 2.35 bits per heavy atom. The van der Waals surface area contributed by atoms with Gasteiger partial charge >= 0.3 is 6.18 Å². The number of alkyl halides is 3. The van der Waals surface area contributed by atoms with Crippen LogP contribution in [0.2, 0.25) is 0 Å². The van der Waals surface area contributed by atoms with E-state index in [9.17, 15) is 13.2 Å². The number of benzene rings is 2. The highest BCUT2D eigenvalue weighted by atomic mass is 19.4. The lowest BCUT2D eigenvalue weighted by atomic mass is 10.1. The average Bonchev–Trinajstić information content (AvgIpc) is 3.75. The van der Waals surface area contributed by atoms with Crippen molar-refractivity contribution < 1.29 is 27.4 Å². The van der Waals surface area contributed by atoms with Gasteiger partial charge in [0.05, 0.1) is 25.4 Å². The molecule has 6 rings (SSSR count). The zero-order valence-corrected chi connectivity index (χ0v) is 24.0. The fraction of sp³-hybridized carbons (Fsp3) is 0.323. The lowest BCUT2D eigenvalue weighted by Gasteiger charge is -2.15. The van der Waals surface area contributed by atoms with E-state index in [1.807, 2.05) is 26.0 Å². The minimum atomic E-state index is -4.53. The Labute approximate surface area is 245 Å². The zero-order chi connectivity index (χ0) is 30.3. The second-order valence-electron chi connectivity index (χ2n) is 10.6. The van der Waals surface area contributed by atoms with E-state index in [4.69, 9.17) is 24.2 Å². The third-order valence-corrected chi connectivity index (χ3v) is 7.26. The maximum atomic E-state index is 13.4. The van der Waals surface area contributed by atoms with Crippen LogP contribution in [0.5, 0.6) is 17.5 Å². The van der Waals surface area contributed by atoms with E-state index in [2.05, 4.69) is 15.0 Å². The molecule has 43 heavy (non-hydrogen) atoms. The summed E-state index contributed by atoms with van der Waals surface area (Å²) in [6, 6.07) is 12.4. The van der Waals surface area contributed by atoms with Crippen LogP contribution >= 0.6 is 0 Å². The summed E-state index contributed by atoms with van der Waals surface area (Å²) in [4.78, 5) is 22.3. The summed E-state index contributed by atoms with van der Waals surface area (Å²) >= 11 is 0. The van der Waals surface area contributed by atoms with Crippen molar-refractivity contribution in [1.29, 1.82) is 0 Å². The predicted molar refractivity (Wildman–Crippen MR) is 153 cm³/mol. The molecule has 0 unspecified atom stereocenters. The van der Waals surface area contributed by atoms with E-state index in [0.717, 1.165) is 30.3 Å². The number of halogens is 3. The van der Waals surface area contributed by atoms with E-state index in [0.29, 0.717) is 45.4 Å². The number of hydrogen-bond acceptors (Lipinski definition) is 8. The van der Waals surface area contributed by atoms with Crippen LogP contribution < -0.4 is 14.2 Å². The fourth-order valence-electron chi connectivity index (χ4n) is 4.96. The van der Waals surface area contributed by atoms with Crippen molar-refractivity contribution >= 4 is 10.9 Å². The predicted octanol–water partition coefficient (Wildman–Crippen LogP) is 7.02. The molecule has 9 nitrogen and oxygen atoms in total. The van der Waals surface area contributed by atoms with Gasteiger partial charge in [0.25, 0.3) is 0 Å². The van der Waals surface area contributed by atoms with Crippen LogP contribution in [0.1, 0.15) is 55.6 Å². The number of hydrogen-bond donors (Lipinski definition) is 0. The average molecular weight is 591 g/mol. The molecule has 0 atom stereocenters. The molecule has 2 aromatic carbocycles. The van der Waals surface area contributed by atoms with Crippen molar-refractivity contribution in [3.63, 3.8) is 0 Å². The molecule has 0 bridgehead atoms. The summed E-state index contributed by atoms with van der Waals surface area (Å²) in [6.45, 7) is 3.76. The third-order valence-electron chi connectivity index (χ3n) is 7.26. The van der Waals surface area contributed by atoms with Crippen molar-refractivity contribution in [2.24, 2.45) is 0 Å². The van der Waals surface area contributed by atoms with Crippen molar-refractivity contribution in [1.82, 2.24) is 29.5 Å². The Hall–Kier alpha value is -4.74. The van der Waals surface area contributed by atoms with Gasteiger partial charge in [0.15, 0.2) is 11.5 Å². The number of rotatable bonds is 9. The Kier molecular flexibility index (Phi) is 7.37. The maximum absolute atomic E-state index is 13.4. The summed E-state index contributed by atoms with van der Waals surface area (Å²) in [5, 5.41) is 0.604. The van der Waals surface area contributed by atoms with E-state index in [-0.39, 0.29) is 24.4 Å². The molecule has 1 aliphatic carbocycles. The molecular formula is C31H29F3N6O3. The zero-order valence-electron chi connectivity index (χ0n) is 24.0. The van der Waals surface area contributed by atoms with Gasteiger partial charge in [-0.1, -0.05) is 30.3 Å². The van der Waals surface area contributed by atoms with E-state index < -0.39 is 11.9 Å². The summed E-state index contributed by atoms with van der Waals surface area (Å²) in [5.74, 6) is 2.16. The normalized spacial score (nSPS) is 13.5. The first-order valence-corrected chi connectivity index (χ1v) is 13.8. The second-order valence-corrected chi connectivity index (χ2v) is 10.6. The molecule has 1 aliphatic rings. The minimum Gasteiger partial charge on any atom is -0.496 e. The maximum Gasteiger partial charge on any atom is 0.434 e. The molecule has 0 aliphatic heterocycles. The van der Waals surface area contributed by atoms with E-state index >= 15 is 0 Å². The van der Waals surface area contributed by atoms with Gasteiger partial charge in [-0.25, -0.2) is 19.9 Å². The molecule has 0 radical (unpaired) electrons. The van der Waals surface area contributed by atoms with Crippen LogP contribution in [0.3, 0.4) is 0 Å². The first-order chi connectivity index (χ1) is 20.7. The van der Waals surface area contributed by atoms with Crippen molar-refractivity contribution in [3.8, 4) is 40.3 Å². The second kappa shape index (κ2) is 11.2. The van der Waals surface area contributed by atoms with Crippen LogP contribution in [0.4, 0.5) is 13.2 Å². The number of aromatic nitrogens is 6. The highest BCUT2D eigenvalue weighted by Crippen LogP contribution is 2.46. The SMILES string of the molecule is COc1ncnc(C2CC2)c1-c1nc(OCc2ccc(-c3nc(C(F)(F)F)cn3C(C)C)cc2)c2c(OC)cccc2n1. The summed E-state index contributed by atoms with van der Waals surface area (Å²) in [5.41, 5.74) is 2.50. The van der Waals surface area contributed by atoms with E-state index in [1.165, 1.54) is 10.9 Å². The van der Waals surface area contributed by atoms with Gasteiger partial charge in [-0.3, -0.25) is 0 Å². The molecule has 1 fully saturated rings. The van der Waals surface area contributed by atoms with Gasteiger partial charge in [0.2, 0.25) is 11.8 Å². The molecule has 3 heterocycles. The van der Waals surface area contributed by atoms with Gasteiger partial charge in [-0.05, 0) is 44.4 Å². The van der Waals surface area contributed by atoms with Gasteiger partial charge < -0.3 is 18.8 Å². The molecule has 5 aromatic rings. The Morgan fingerprint density at radius 2 is 1.70 bits per heavy atom. The minimum absolute atomic E-state index is 0.133. The number of methoxy groups -OCH3 is 2. The Balaban J connectivity index is 1.35. The smallest absolute Gasteiger partial charge is 0.434 e. The molecular weight excluding hydrogens is 561 g/mol. The lowest BCUT2D eigenvalue weighted by Crippen LogP contribution is -2.05. The molecule has 222 valence electrons. The quantitative estimate of drug-likeness (QED) is 0.181. The number of imidazole rings is 1. The standard InChI is InChI=1S/C31H29F3N6O3/c1-17(2)40-14-23(31(32,33)34)38-28(40)20-10-8-18(9-11-20)15-43-30-24-21(6-5-7-22(24)41-3)37-27(39-30)25-26(19-12-13-19)35-16-36-29(25)42-4/h5-11,14,16-17,19H,12-13,15H2,1-4H3. The number of fused-ring (bicyclic) bond motifs is 1. The van der Waals surface area contributed by atoms with Gasteiger partial charge in [-0.2, -0.15) is 18.2 Å². The van der Waals surface area contributed by atoms with Crippen LogP contribution in [-0.4, -0.2) is 43.7 Å². The first kappa shape index (κ1) is 28.4. The lowest BCUT2D eigenvalue weighted by molar-refractivity contribution is -0.140. The topological polar surface area (TPSA) is 97.1 Å². The van der Waals surface area contributed by atoms with Crippen LogP contribution in [-0.2, 0) is 12.8 Å². The van der Waals surface area contributed by atoms with Gasteiger partial charge in [0, 0.05) is 23.7 Å². The largest absolute Gasteiger partial charge is 0.496 e. The molecule has 0 amide bonds. The summed E-state index contributed by atoms with van der Waals surface area (Å²) < 4.78 is 59.1. The molecule has 1 saturated carbocycles. The summed E-state index contributed by atoms with van der Waals surface area (Å²) in [6.07, 6.45) is 0.0339. The van der Waals surface area contributed by atoms with Gasteiger partial charge in [0.1, 0.15) is 35.5 Å². The molecule has 0 spiro atoms. The fourth-order valence-corrected chi connectivity index (χ4v) is 4.96. The highest BCUT2D eigenvalue weighted by molar-refractivity contribution is 5.91. The Bertz CT molecular complexity index is 1780. The molecule has 3 aromatic heterocycles. The molecule has 0 N–H and O–H groups in total. The Morgan fingerprint density at radius 1 is 0.930 bits per heavy atom. The van der Waals surface area contributed by atoms with Crippen molar-refractivity contribution in [2.45, 2.75) is 51.4 Å².